The second-order valence-corrected chi connectivity index (χ2v) is 20.9. The van der Waals surface area contributed by atoms with Gasteiger partial charge in [-0.1, -0.05) is 84.4 Å². The number of phosphoric ester groups is 3. The molecule has 2 amide bonds. The lowest BCUT2D eigenvalue weighted by Crippen LogP contribution is -2.46. The average molecular weight is 964 g/mol. The van der Waals surface area contributed by atoms with E-state index in [1.165, 1.54) is 46.0 Å². The number of nitrogens with one attached hydrogen (secondary N) is 2. The number of nitrogen functional groups attached to an aromatic ring is 1. The van der Waals surface area contributed by atoms with Crippen LogP contribution in [0.3, 0.4) is 0 Å². The van der Waals surface area contributed by atoms with Crippen LogP contribution in [-0.4, -0.2) is 123 Å². The first-order chi connectivity index (χ1) is 28.9. The third-order valence-corrected chi connectivity index (χ3v) is 13.7. The van der Waals surface area contributed by atoms with E-state index < -0.39 is 84.6 Å². The smallest absolute Gasteiger partial charge is 0.386 e. The van der Waals surface area contributed by atoms with E-state index in [-0.39, 0.29) is 41.6 Å². The highest BCUT2D eigenvalue weighted by Gasteiger charge is 2.50. The van der Waals surface area contributed by atoms with Crippen LogP contribution in [-0.2, 0) is 50.7 Å². The number of anilines is 1. The van der Waals surface area contributed by atoms with Gasteiger partial charge in [-0.05, 0) is 12.3 Å². The molecule has 0 aliphatic carbocycles. The van der Waals surface area contributed by atoms with E-state index >= 15 is 0 Å². The normalized spacial score (nSPS) is 21.3. The summed E-state index contributed by atoms with van der Waals surface area (Å²) in [5.41, 5.74) is 4.28. The summed E-state index contributed by atoms with van der Waals surface area (Å²) < 4.78 is 62.3. The van der Waals surface area contributed by atoms with E-state index in [4.69, 9.17) is 19.5 Å². The van der Waals surface area contributed by atoms with Crippen molar-refractivity contribution in [1.29, 1.82) is 0 Å². The van der Waals surface area contributed by atoms with E-state index in [0.717, 1.165) is 54.2 Å². The molecule has 8 unspecified atom stereocenters. The Labute approximate surface area is 363 Å². The van der Waals surface area contributed by atoms with Gasteiger partial charge in [0.2, 0.25) is 11.8 Å². The number of nitrogens with zero attached hydrogens (tertiary/aromatic N) is 4. The van der Waals surface area contributed by atoms with Gasteiger partial charge in [-0.25, -0.2) is 28.6 Å². The number of aromatic nitrogens is 4. The third kappa shape index (κ3) is 18.2. The minimum absolute atomic E-state index is 0.0331. The van der Waals surface area contributed by atoms with Gasteiger partial charge in [0.05, 0.1) is 19.5 Å². The summed E-state index contributed by atoms with van der Waals surface area (Å²) in [4.78, 5) is 88.1. The van der Waals surface area contributed by atoms with E-state index in [2.05, 4.69) is 48.3 Å². The van der Waals surface area contributed by atoms with Gasteiger partial charge in [-0.2, -0.15) is 4.31 Å². The van der Waals surface area contributed by atoms with Crippen molar-refractivity contribution in [3.8, 4) is 0 Å². The standard InChI is InChI=1S/C34H60N7O17P3S/c1-5-11-22(2)12-9-7-6-8-10-13-25(43)62-17-16-36-24(42)14-15-37-32(46)29(45)34(3,4)19-55-61(52,53)58-60(50,51)54-18-23-28(57-59(47,48)49)27(44)33(56-23)41-21-40-26-30(35)38-20-39-31(26)41/h20-23,27-29,33,44-45H,5-19H2,1-4H3,(H,36,42)(H,37,46)(H,50,51)(H,52,53)(H2,35,38,39)(H2,47,48,49). The number of unbranched alkanes of at least 4 members (excludes halogenated alkanes) is 4. The Hall–Kier alpha value is -2.44. The Morgan fingerprint density at radius 2 is 1.65 bits per heavy atom. The fourth-order valence-electron chi connectivity index (χ4n) is 6.30. The number of carbonyl (C=O) groups excluding carboxylic acids is 3. The number of ether oxygens (including phenoxy) is 1. The predicted octanol–water partition coefficient (Wildman–Crippen LogP) is 2.83. The fourth-order valence-corrected chi connectivity index (χ4v) is 9.85. The molecule has 0 saturated carbocycles. The van der Waals surface area contributed by atoms with Crippen LogP contribution < -0.4 is 16.4 Å². The Balaban J connectivity index is 1.38. The molecule has 0 bridgehead atoms. The molecule has 3 heterocycles. The van der Waals surface area contributed by atoms with Crippen molar-refractivity contribution in [3.63, 3.8) is 0 Å². The summed E-state index contributed by atoms with van der Waals surface area (Å²) in [5.74, 6) is -0.265. The number of rotatable bonds is 29. The van der Waals surface area contributed by atoms with Crippen LogP contribution in [0.2, 0.25) is 0 Å². The van der Waals surface area contributed by atoms with Gasteiger partial charge < -0.3 is 50.9 Å². The molecule has 10 N–H and O–H groups in total. The number of aliphatic hydroxyl groups excluding tert-OH is 2. The fraction of sp³-hybridized carbons (Fsp3) is 0.765. The molecule has 1 saturated heterocycles. The zero-order valence-corrected chi connectivity index (χ0v) is 38.5. The first-order valence-corrected chi connectivity index (χ1v) is 25.5. The van der Waals surface area contributed by atoms with Crippen LogP contribution in [0.25, 0.3) is 11.2 Å². The van der Waals surface area contributed by atoms with E-state index in [1.807, 2.05) is 0 Å². The Morgan fingerprint density at radius 3 is 2.34 bits per heavy atom. The molecule has 1 aliphatic rings. The van der Waals surface area contributed by atoms with E-state index in [0.29, 0.717) is 12.2 Å². The number of fused-ring (bicyclic) bond motifs is 1. The molecule has 0 aromatic carbocycles. The van der Waals surface area contributed by atoms with Crippen molar-refractivity contribution in [1.82, 2.24) is 30.2 Å². The van der Waals surface area contributed by atoms with Gasteiger partial charge in [0, 0.05) is 37.1 Å². The van der Waals surface area contributed by atoms with Gasteiger partial charge in [-0.3, -0.25) is 32.5 Å². The van der Waals surface area contributed by atoms with Crippen molar-refractivity contribution in [2.24, 2.45) is 11.3 Å². The quantitative estimate of drug-likeness (QED) is 0.0418. The first-order valence-electron chi connectivity index (χ1n) is 20.0. The number of hydrogen-bond donors (Lipinski definition) is 9. The minimum atomic E-state index is -5.57. The predicted molar refractivity (Wildman–Crippen MR) is 223 cm³/mol. The molecular formula is C34H60N7O17P3S. The number of amides is 2. The third-order valence-electron chi connectivity index (χ3n) is 9.62. The maximum atomic E-state index is 12.7. The minimum Gasteiger partial charge on any atom is -0.386 e. The highest BCUT2D eigenvalue weighted by Crippen LogP contribution is 2.61. The summed E-state index contributed by atoms with van der Waals surface area (Å²) in [6.45, 7) is 5.06. The molecule has 62 heavy (non-hydrogen) atoms. The van der Waals surface area contributed by atoms with Crippen LogP contribution in [0.4, 0.5) is 5.82 Å². The lowest BCUT2D eigenvalue weighted by atomic mass is 9.87. The Kier molecular flexibility index (Phi) is 21.5. The second-order valence-electron chi connectivity index (χ2n) is 15.5. The lowest BCUT2D eigenvalue weighted by Gasteiger charge is -2.30. The van der Waals surface area contributed by atoms with Crippen LogP contribution in [0.1, 0.15) is 98.1 Å². The largest absolute Gasteiger partial charge is 0.481 e. The maximum absolute atomic E-state index is 12.7. The number of aliphatic hydroxyl groups is 2. The molecule has 354 valence electrons. The second kappa shape index (κ2) is 24.7. The molecule has 3 rings (SSSR count). The van der Waals surface area contributed by atoms with Crippen LogP contribution in [0.15, 0.2) is 12.7 Å². The first kappa shape index (κ1) is 53.9. The average Bonchev–Trinajstić information content (AvgIpc) is 3.74. The molecule has 0 spiro atoms. The number of thioether (sulfide) groups is 1. The monoisotopic (exact) mass is 963 g/mol. The van der Waals surface area contributed by atoms with Crippen LogP contribution in [0, 0.1) is 11.3 Å². The van der Waals surface area contributed by atoms with Gasteiger partial charge >= 0.3 is 23.5 Å². The van der Waals surface area contributed by atoms with Crippen LogP contribution >= 0.6 is 35.2 Å². The molecule has 2 aromatic rings. The zero-order chi connectivity index (χ0) is 46.3. The number of nitrogens with two attached hydrogens (primary N) is 1. The van der Waals surface area contributed by atoms with Gasteiger partial charge in [-0.15, -0.1) is 0 Å². The molecule has 1 aliphatic heterocycles. The van der Waals surface area contributed by atoms with E-state index in [9.17, 15) is 57.9 Å². The van der Waals surface area contributed by atoms with Crippen molar-refractivity contribution in [2.75, 3.05) is 37.8 Å². The number of imidazole rings is 1. The molecule has 8 atom stereocenters. The summed E-state index contributed by atoms with van der Waals surface area (Å²) in [7, 11) is -16.4. The topological polar surface area (TPSA) is 364 Å². The molecule has 0 radical (unpaired) electrons. The van der Waals surface area contributed by atoms with Crippen LogP contribution in [0.5, 0.6) is 0 Å². The van der Waals surface area contributed by atoms with Crippen molar-refractivity contribution in [2.45, 2.75) is 123 Å². The summed E-state index contributed by atoms with van der Waals surface area (Å²) in [6.07, 6.45) is 2.66. The van der Waals surface area contributed by atoms with Gasteiger partial charge in [0.1, 0.15) is 36.3 Å². The summed E-state index contributed by atoms with van der Waals surface area (Å²) >= 11 is 1.15. The summed E-state index contributed by atoms with van der Waals surface area (Å²) in [6, 6.07) is 0. The van der Waals surface area contributed by atoms with Crippen molar-refractivity contribution in [3.05, 3.63) is 12.7 Å². The van der Waals surface area contributed by atoms with E-state index in [1.54, 1.807) is 0 Å². The number of phosphoric acid groups is 3. The zero-order valence-electron chi connectivity index (χ0n) is 35.0. The van der Waals surface area contributed by atoms with Crippen molar-refractivity contribution >= 4 is 69.1 Å². The number of hydrogen-bond acceptors (Lipinski definition) is 18. The Bertz CT molecular complexity index is 1920. The number of carbonyl (C=O) groups is 3. The molecule has 2 aromatic heterocycles. The van der Waals surface area contributed by atoms with Crippen molar-refractivity contribution < 1.29 is 80.5 Å². The SMILES string of the molecule is CCCC(C)CCCCCCCC(=O)SCCNC(=O)CCNC(=O)C(O)C(C)(C)COP(=O)(O)OP(=O)(O)OCC1OC(n2cnc3c(N)ncnc32)C(O)C1OP(=O)(O)O. The summed E-state index contributed by atoms with van der Waals surface area (Å²) in [5, 5.41) is 26.6. The maximum Gasteiger partial charge on any atom is 0.481 e. The molecular weight excluding hydrogens is 903 g/mol. The Morgan fingerprint density at radius 1 is 0.968 bits per heavy atom. The molecule has 24 nitrogen and oxygen atoms in total. The highest BCUT2D eigenvalue weighted by molar-refractivity contribution is 8.13. The lowest BCUT2D eigenvalue weighted by molar-refractivity contribution is -0.137. The molecule has 28 heteroatoms. The van der Waals surface area contributed by atoms with Gasteiger partial charge in [0.15, 0.2) is 22.8 Å². The highest BCUT2D eigenvalue weighted by atomic mass is 32.2. The van der Waals surface area contributed by atoms with Gasteiger partial charge in [0.25, 0.3) is 0 Å². The molecule has 1 fully saturated rings.